The van der Waals surface area contributed by atoms with Gasteiger partial charge in [0.1, 0.15) is 0 Å². The largest absolute Gasteiger partial charge is 0.273 e. The minimum Gasteiger partial charge on any atom is -0.273 e. The molecule has 0 bridgehead atoms. The zero-order valence-electron chi connectivity index (χ0n) is 6.83. The molecule has 1 aromatic rings. The van der Waals surface area contributed by atoms with Crippen LogP contribution in [0.25, 0.3) is 0 Å². The molecule has 0 saturated heterocycles. The minimum atomic E-state index is 0.549. The summed E-state index contributed by atoms with van der Waals surface area (Å²) in [6, 6.07) is 2.08. The summed E-state index contributed by atoms with van der Waals surface area (Å²) in [6.07, 6.45) is 2.02. The molecule has 1 aromatic heterocycles. The number of hydrogen-bond donors (Lipinski definition) is 0. The van der Waals surface area contributed by atoms with Gasteiger partial charge in [0.2, 0.25) is 0 Å². The fraction of sp³-hybridized carbons (Fsp3) is 0.625. The first-order valence-electron chi connectivity index (χ1n) is 3.77. The maximum Gasteiger partial charge on any atom is 0.0649 e. The predicted octanol–water partition coefficient (Wildman–Crippen LogP) is 2.03. The first kappa shape index (κ1) is 7.32. The third kappa shape index (κ3) is 1.38. The molecule has 0 saturated carbocycles. The molecule has 0 fully saturated rings. The van der Waals surface area contributed by atoms with Crippen molar-refractivity contribution in [2.24, 2.45) is 0 Å². The van der Waals surface area contributed by atoms with Crippen molar-refractivity contribution in [1.29, 1.82) is 0 Å². The van der Waals surface area contributed by atoms with E-state index in [0.717, 1.165) is 6.54 Å². The van der Waals surface area contributed by atoms with Gasteiger partial charge < -0.3 is 0 Å². The summed E-state index contributed by atoms with van der Waals surface area (Å²) < 4.78 is 1.95. The molecule has 1 heterocycles. The predicted molar refractivity (Wildman–Crippen MR) is 42.0 cm³/mol. The highest BCUT2D eigenvalue weighted by Crippen LogP contribution is 2.09. The molecule has 0 aliphatic carbocycles. The van der Waals surface area contributed by atoms with Crippen LogP contribution in [0, 0.1) is 0 Å². The lowest BCUT2D eigenvalue weighted by molar-refractivity contribution is 0.635. The lowest BCUT2D eigenvalue weighted by Gasteiger charge is -1.97. The lowest BCUT2D eigenvalue weighted by atomic mass is 10.1. The van der Waals surface area contributed by atoms with E-state index in [0.29, 0.717) is 5.92 Å². The van der Waals surface area contributed by atoms with Gasteiger partial charge in [-0.1, -0.05) is 13.8 Å². The molecular weight excluding hydrogens is 124 g/mol. The number of nitrogens with zero attached hydrogens (tertiary/aromatic N) is 2. The van der Waals surface area contributed by atoms with Crippen molar-refractivity contribution in [1.82, 2.24) is 9.78 Å². The fourth-order valence-corrected chi connectivity index (χ4v) is 0.861. The van der Waals surface area contributed by atoms with Crippen LogP contribution in [0.5, 0.6) is 0 Å². The zero-order chi connectivity index (χ0) is 7.56. The van der Waals surface area contributed by atoms with E-state index in [-0.39, 0.29) is 0 Å². The monoisotopic (exact) mass is 138 g/mol. The number of hydrogen-bond acceptors (Lipinski definition) is 1. The third-order valence-electron chi connectivity index (χ3n) is 1.58. The van der Waals surface area contributed by atoms with Gasteiger partial charge in [-0.25, -0.2) is 0 Å². The van der Waals surface area contributed by atoms with Crippen molar-refractivity contribution < 1.29 is 0 Å². The van der Waals surface area contributed by atoms with Crippen molar-refractivity contribution in [3.05, 3.63) is 18.0 Å². The second-order valence-corrected chi connectivity index (χ2v) is 2.75. The molecule has 0 unspecified atom stereocenters. The topological polar surface area (TPSA) is 17.8 Å². The van der Waals surface area contributed by atoms with E-state index < -0.39 is 0 Å². The van der Waals surface area contributed by atoms with Gasteiger partial charge in [-0.2, -0.15) is 5.10 Å². The van der Waals surface area contributed by atoms with E-state index in [1.807, 2.05) is 10.9 Å². The van der Waals surface area contributed by atoms with Crippen molar-refractivity contribution in [2.45, 2.75) is 33.2 Å². The molecular formula is C8H14N2. The van der Waals surface area contributed by atoms with Crippen LogP contribution < -0.4 is 0 Å². The summed E-state index contributed by atoms with van der Waals surface area (Å²) in [6.45, 7) is 7.37. The third-order valence-corrected chi connectivity index (χ3v) is 1.58. The van der Waals surface area contributed by atoms with Gasteiger partial charge in [0.25, 0.3) is 0 Å². The molecule has 0 aliphatic heterocycles. The minimum absolute atomic E-state index is 0.549. The molecule has 0 aromatic carbocycles. The highest BCUT2D eigenvalue weighted by Gasteiger charge is 2.00. The number of aromatic nitrogens is 2. The molecule has 2 heteroatoms. The van der Waals surface area contributed by atoms with E-state index in [9.17, 15) is 0 Å². The molecule has 0 aliphatic rings. The summed E-state index contributed by atoms with van der Waals surface area (Å²) in [7, 11) is 0. The van der Waals surface area contributed by atoms with Crippen molar-refractivity contribution in [2.75, 3.05) is 0 Å². The van der Waals surface area contributed by atoms with Crippen LogP contribution in [0.2, 0.25) is 0 Å². The van der Waals surface area contributed by atoms with Gasteiger partial charge >= 0.3 is 0 Å². The highest BCUT2D eigenvalue weighted by atomic mass is 15.3. The first-order valence-corrected chi connectivity index (χ1v) is 3.77. The van der Waals surface area contributed by atoms with Gasteiger partial charge in [-0.15, -0.1) is 0 Å². The van der Waals surface area contributed by atoms with E-state index in [1.54, 1.807) is 0 Å². The Morgan fingerprint density at radius 3 is 2.60 bits per heavy atom. The molecule has 2 nitrogen and oxygen atoms in total. The molecule has 0 spiro atoms. The zero-order valence-corrected chi connectivity index (χ0v) is 6.83. The smallest absolute Gasteiger partial charge is 0.0649 e. The Balaban J connectivity index is 2.78. The lowest BCUT2D eigenvalue weighted by Crippen LogP contribution is -1.96. The Labute approximate surface area is 61.9 Å². The second kappa shape index (κ2) is 2.86. The molecule has 0 atom stereocenters. The Bertz CT molecular complexity index is 201. The molecule has 0 amide bonds. The van der Waals surface area contributed by atoms with Crippen LogP contribution in [0.4, 0.5) is 0 Å². The van der Waals surface area contributed by atoms with Crippen LogP contribution in [0.15, 0.2) is 12.3 Å². The average Bonchev–Trinajstić information content (AvgIpc) is 2.34. The SMILES string of the molecule is CCn1ccc(C(C)C)n1. The Kier molecular flexibility index (Phi) is 2.10. The van der Waals surface area contributed by atoms with Crippen molar-refractivity contribution in [3.63, 3.8) is 0 Å². The van der Waals surface area contributed by atoms with Crippen LogP contribution >= 0.6 is 0 Å². The van der Waals surface area contributed by atoms with Gasteiger partial charge in [0.05, 0.1) is 5.69 Å². The maximum absolute atomic E-state index is 4.34. The highest BCUT2D eigenvalue weighted by molar-refractivity contribution is 5.03. The fourth-order valence-electron chi connectivity index (χ4n) is 0.861. The van der Waals surface area contributed by atoms with Gasteiger partial charge in [-0.05, 0) is 18.9 Å². The van der Waals surface area contributed by atoms with Crippen LogP contribution in [0.1, 0.15) is 32.4 Å². The van der Waals surface area contributed by atoms with E-state index in [1.165, 1.54) is 5.69 Å². The van der Waals surface area contributed by atoms with Crippen LogP contribution in [0.3, 0.4) is 0 Å². The van der Waals surface area contributed by atoms with Crippen molar-refractivity contribution in [3.8, 4) is 0 Å². The first-order chi connectivity index (χ1) is 4.74. The second-order valence-electron chi connectivity index (χ2n) is 2.75. The van der Waals surface area contributed by atoms with Crippen molar-refractivity contribution >= 4 is 0 Å². The summed E-state index contributed by atoms with van der Waals surface area (Å²) in [5.41, 5.74) is 1.18. The summed E-state index contributed by atoms with van der Waals surface area (Å²) >= 11 is 0. The normalized spacial score (nSPS) is 10.8. The Morgan fingerprint density at radius 1 is 1.60 bits per heavy atom. The number of aryl methyl sites for hydroxylation is 1. The molecule has 1 rings (SSSR count). The maximum atomic E-state index is 4.34. The van der Waals surface area contributed by atoms with E-state index >= 15 is 0 Å². The molecule has 0 N–H and O–H groups in total. The van der Waals surface area contributed by atoms with Crippen LogP contribution in [-0.4, -0.2) is 9.78 Å². The molecule has 0 radical (unpaired) electrons. The van der Waals surface area contributed by atoms with Crippen LogP contribution in [-0.2, 0) is 6.54 Å². The Hall–Kier alpha value is -0.790. The average molecular weight is 138 g/mol. The summed E-state index contributed by atoms with van der Waals surface area (Å²) in [5, 5.41) is 4.34. The quantitative estimate of drug-likeness (QED) is 0.611. The Morgan fingerprint density at radius 2 is 2.30 bits per heavy atom. The van der Waals surface area contributed by atoms with E-state index in [2.05, 4.69) is 31.9 Å². The summed E-state index contributed by atoms with van der Waals surface area (Å²) in [5.74, 6) is 0.549. The van der Waals surface area contributed by atoms with Gasteiger partial charge in [0, 0.05) is 12.7 Å². The molecule has 56 valence electrons. The van der Waals surface area contributed by atoms with Gasteiger partial charge in [-0.3, -0.25) is 4.68 Å². The number of rotatable bonds is 2. The van der Waals surface area contributed by atoms with Gasteiger partial charge in [0.15, 0.2) is 0 Å². The van der Waals surface area contributed by atoms with E-state index in [4.69, 9.17) is 0 Å². The molecule has 10 heavy (non-hydrogen) atoms. The standard InChI is InChI=1S/C8H14N2/c1-4-10-6-5-8(9-10)7(2)3/h5-7H,4H2,1-3H3. The summed E-state index contributed by atoms with van der Waals surface area (Å²) in [4.78, 5) is 0.